The number of Topliss-reactive ketones (excluding diaryl/α,β-unsaturated/α-hetero) is 1. The summed E-state index contributed by atoms with van der Waals surface area (Å²) in [4.78, 5) is 12.4. The molecule has 0 aromatic carbocycles. The van der Waals surface area contributed by atoms with Crippen molar-refractivity contribution in [3.63, 3.8) is 0 Å². The lowest BCUT2D eigenvalue weighted by atomic mass is 9.87. The molecule has 0 aliphatic heterocycles. The van der Waals surface area contributed by atoms with Crippen LogP contribution in [0.3, 0.4) is 0 Å². The highest BCUT2D eigenvalue weighted by atomic mass is 16.5. The molecule has 0 spiro atoms. The minimum atomic E-state index is -0.405. The molecule has 94 valence electrons. The Balaban J connectivity index is 2.60. The van der Waals surface area contributed by atoms with E-state index in [-0.39, 0.29) is 0 Å². The van der Waals surface area contributed by atoms with Crippen LogP contribution in [0.15, 0.2) is 0 Å². The van der Waals surface area contributed by atoms with E-state index in [4.69, 9.17) is 4.74 Å². The zero-order valence-electron chi connectivity index (χ0n) is 11.1. The summed E-state index contributed by atoms with van der Waals surface area (Å²) in [5.41, 5.74) is -0.405. The van der Waals surface area contributed by atoms with Crippen LogP contribution in [0.1, 0.15) is 65.7 Å². The molecule has 1 fully saturated rings. The van der Waals surface area contributed by atoms with Crippen LogP contribution in [0.5, 0.6) is 0 Å². The molecule has 0 N–H and O–H groups in total. The predicted molar refractivity (Wildman–Crippen MR) is 66.5 cm³/mol. The van der Waals surface area contributed by atoms with Crippen molar-refractivity contribution in [2.75, 3.05) is 6.61 Å². The average Bonchev–Trinajstić information content (AvgIpc) is 2.76. The van der Waals surface area contributed by atoms with Gasteiger partial charge in [0.15, 0.2) is 5.78 Å². The second-order valence-electron chi connectivity index (χ2n) is 4.94. The Morgan fingerprint density at radius 1 is 1.19 bits per heavy atom. The Morgan fingerprint density at radius 3 is 2.19 bits per heavy atom. The summed E-state index contributed by atoms with van der Waals surface area (Å²) in [6.45, 7) is 6.99. The highest BCUT2D eigenvalue weighted by Gasteiger charge is 2.41. The Bertz CT molecular complexity index is 213. The van der Waals surface area contributed by atoms with Crippen molar-refractivity contribution in [1.29, 1.82) is 0 Å². The number of ketones is 1. The van der Waals surface area contributed by atoms with Crippen LogP contribution in [0.2, 0.25) is 0 Å². The Kier molecular flexibility index (Phi) is 5.47. The summed E-state index contributed by atoms with van der Waals surface area (Å²) < 4.78 is 5.79. The van der Waals surface area contributed by atoms with Crippen LogP contribution >= 0.6 is 0 Å². The minimum absolute atomic E-state index is 0.362. The molecule has 0 aromatic rings. The number of ether oxygens (including phenoxy) is 1. The van der Waals surface area contributed by atoms with Gasteiger partial charge in [-0.05, 0) is 38.5 Å². The lowest BCUT2D eigenvalue weighted by molar-refractivity contribution is -0.144. The van der Waals surface area contributed by atoms with Gasteiger partial charge < -0.3 is 4.74 Å². The lowest BCUT2D eigenvalue weighted by Gasteiger charge is -2.28. The molecular weight excluding hydrogens is 200 g/mol. The van der Waals surface area contributed by atoms with Crippen LogP contribution in [0.25, 0.3) is 0 Å². The maximum atomic E-state index is 12.4. The zero-order valence-corrected chi connectivity index (χ0v) is 11.1. The average molecular weight is 226 g/mol. The first-order chi connectivity index (χ1) is 7.68. The quantitative estimate of drug-likeness (QED) is 0.661. The van der Waals surface area contributed by atoms with Gasteiger partial charge in [-0.3, -0.25) is 4.79 Å². The van der Waals surface area contributed by atoms with Crippen LogP contribution < -0.4 is 0 Å². The first kappa shape index (κ1) is 13.7. The highest BCUT2D eigenvalue weighted by molar-refractivity contribution is 5.87. The first-order valence-corrected chi connectivity index (χ1v) is 6.85. The maximum Gasteiger partial charge on any atom is 0.164 e. The molecule has 2 heteroatoms. The summed E-state index contributed by atoms with van der Waals surface area (Å²) in [5, 5.41) is 0. The molecule has 0 unspecified atom stereocenters. The number of rotatable bonds is 7. The van der Waals surface area contributed by atoms with Gasteiger partial charge in [-0.15, -0.1) is 0 Å². The molecule has 1 aliphatic rings. The van der Waals surface area contributed by atoms with Crippen molar-refractivity contribution >= 4 is 5.78 Å². The SMILES string of the molecule is CCOC1(C(=O)CC(CC)CC)CCCC1. The first-order valence-electron chi connectivity index (χ1n) is 6.85. The lowest BCUT2D eigenvalue weighted by Crippen LogP contribution is -2.39. The molecule has 0 heterocycles. The molecule has 0 bridgehead atoms. The Hall–Kier alpha value is -0.370. The second kappa shape index (κ2) is 6.39. The van der Waals surface area contributed by atoms with E-state index < -0.39 is 5.60 Å². The van der Waals surface area contributed by atoms with Crippen molar-refractivity contribution in [3.05, 3.63) is 0 Å². The predicted octanol–water partition coefficient (Wildman–Crippen LogP) is 3.73. The molecule has 0 amide bonds. The fraction of sp³-hybridized carbons (Fsp3) is 0.929. The third-order valence-corrected chi connectivity index (χ3v) is 3.97. The number of carbonyl (C=O) groups excluding carboxylic acids is 1. The van der Waals surface area contributed by atoms with E-state index in [2.05, 4.69) is 13.8 Å². The molecule has 1 aliphatic carbocycles. The van der Waals surface area contributed by atoms with E-state index in [1.165, 1.54) is 0 Å². The molecular formula is C14H26O2. The van der Waals surface area contributed by atoms with Gasteiger partial charge >= 0.3 is 0 Å². The zero-order chi connectivity index (χ0) is 12.0. The summed E-state index contributed by atoms with van der Waals surface area (Å²) in [6, 6.07) is 0. The van der Waals surface area contributed by atoms with E-state index >= 15 is 0 Å². The van der Waals surface area contributed by atoms with Gasteiger partial charge in [0.2, 0.25) is 0 Å². The van der Waals surface area contributed by atoms with Gasteiger partial charge in [0.25, 0.3) is 0 Å². The van der Waals surface area contributed by atoms with Gasteiger partial charge in [0.1, 0.15) is 5.60 Å². The van der Waals surface area contributed by atoms with Crippen LogP contribution in [0, 0.1) is 5.92 Å². The molecule has 0 radical (unpaired) electrons. The van der Waals surface area contributed by atoms with Crippen LogP contribution in [0.4, 0.5) is 0 Å². The maximum absolute atomic E-state index is 12.4. The third-order valence-electron chi connectivity index (χ3n) is 3.97. The van der Waals surface area contributed by atoms with E-state index in [0.717, 1.165) is 38.5 Å². The fourth-order valence-electron chi connectivity index (χ4n) is 2.75. The largest absolute Gasteiger partial charge is 0.368 e. The Morgan fingerprint density at radius 2 is 1.75 bits per heavy atom. The smallest absolute Gasteiger partial charge is 0.164 e. The summed E-state index contributed by atoms with van der Waals surface area (Å²) in [5.74, 6) is 0.908. The molecule has 0 saturated heterocycles. The summed E-state index contributed by atoms with van der Waals surface area (Å²) >= 11 is 0. The van der Waals surface area contributed by atoms with Gasteiger partial charge in [-0.1, -0.05) is 26.7 Å². The van der Waals surface area contributed by atoms with E-state index in [9.17, 15) is 4.79 Å². The van der Waals surface area contributed by atoms with Crippen molar-refractivity contribution in [2.24, 2.45) is 5.92 Å². The molecule has 1 saturated carbocycles. The van der Waals surface area contributed by atoms with E-state index in [1.807, 2.05) is 6.92 Å². The number of carbonyl (C=O) groups is 1. The number of hydrogen-bond donors (Lipinski definition) is 0. The monoisotopic (exact) mass is 226 g/mol. The standard InChI is InChI=1S/C14H26O2/c1-4-12(5-2)11-13(15)14(16-6-3)9-7-8-10-14/h12H,4-11H2,1-3H3. The van der Waals surface area contributed by atoms with Crippen molar-refractivity contribution in [3.8, 4) is 0 Å². The molecule has 0 atom stereocenters. The van der Waals surface area contributed by atoms with Gasteiger partial charge in [0, 0.05) is 13.0 Å². The summed E-state index contributed by atoms with van der Waals surface area (Å²) in [6.07, 6.45) is 7.10. The van der Waals surface area contributed by atoms with Gasteiger partial charge in [0.05, 0.1) is 0 Å². The number of hydrogen-bond acceptors (Lipinski definition) is 2. The van der Waals surface area contributed by atoms with Gasteiger partial charge in [-0.25, -0.2) is 0 Å². The minimum Gasteiger partial charge on any atom is -0.368 e. The molecule has 16 heavy (non-hydrogen) atoms. The van der Waals surface area contributed by atoms with E-state index in [1.54, 1.807) is 0 Å². The third kappa shape index (κ3) is 3.07. The van der Waals surface area contributed by atoms with Crippen molar-refractivity contribution < 1.29 is 9.53 Å². The fourth-order valence-corrected chi connectivity index (χ4v) is 2.75. The summed E-state index contributed by atoms with van der Waals surface area (Å²) in [7, 11) is 0. The van der Waals surface area contributed by atoms with Crippen LogP contribution in [-0.4, -0.2) is 18.0 Å². The second-order valence-corrected chi connectivity index (χ2v) is 4.94. The molecule has 0 aromatic heterocycles. The van der Waals surface area contributed by atoms with Crippen molar-refractivity contribution in [1.82, 2.24) is 0 Å². The molecule has 2 nitrogen and oxygen atoms in total. The Labute approximate surface area is 99.8 Å². The van der Waals surface area contributed by atoms with Crippen LogP contribution in [-0.2, 0) is 9.53 Å². The van der Waals surface area contributed by atoms with Gasteiger partial charge in [-0.2, -0.15) is 0 Å². The van der Waals surface area contributed by atoms with E-state index in [0.29, 0.717) is 24.7 Å². The molecule has 1 rings (SSSR count). The highest BCUT2D eigenvalue weighted by Crippen LogP contribution is 2.36. The van der Waals surface area contributed by atoms with Crippen molar-refractivity contribution in [2.45, 2.75) is 71.3 Å². The topological polar surface area (TPSA) is 26.3 Å². The normalized spacial score (nSPS) is 19.2.